The molecule has 114 valence electrons. The van der Waals surface area contributed by atoms with Crippen LogP contribution in [-0.2, 0) is 17.8 Å². The summed E-state index contributed by atoms with van der Waals surface area (Å²) in [5.41, 5.74) is 3.23. The fourth-order valence-corrected chi connectivity index (χ4v) is 2.58. The second-order valence-corrected chi connectivity index (χ2v) is 5.96. The summed E-state index contributed by atoms with van der Waals surface area (Å²) in [7, 11) is 0. The molecular weight excluding hydrogens is 286 g/mol. The third kappa shape index (κ3) is 3.97. The van der Waals surface area contributed by atoms with E-state index >= 15 is 0 Å². The van der Waals surface area contributed by atoms with Gasteiger partial charge < -0.3 is 9.88 Å². The number of aryl methyl sites for hydroxylation is 3. The molecule has 0 fully saturated rings. The van der Waals surface area contributed by atoms with Crippen LogP contribution in [0.2, 0.25) is 0 Å². The smallest absolute Gasteiger partial charge is 0.221 e. The average molecular weight is 308 g/mol. The molecule has 0 saturated heterocycles. The van der Waals surface area contributed by atoms with Crippen LogP contribution in [0.4, 0.5) is 0 Å². The number of benzene rings is 1. The number of fused-ring (bicyclic) bond motifs is 1. The van der Waals surface area contributed by atoms with Gasteiger partial charge in [0.1, 0.15) is 5.82 Å². The van der Waals surface area contributed by atoms with Crippen LogP contribution in [-0.4, -0.2) is 27.4 Å². The first kappa shape index (κ1) is 15.8. The molecule has 2 rings (SSSR count). The average Bonchev–Trinajstić information content (AvgIpc) is 2.73. The monoisotopic (exact) mass is 307 g/mol. The predicted molar refractivity (Wildman–Crippen MR) is 86.8 cm³/mol. The Bertz CT molecular complexity index is 634. The molecule has 0 atom stereocenters. The van der Waals surface area contributed by atoms with Crippen LogP contribution >= 0.6 is 11.6 Å². The molecule has 0 unspecified atom stereocenters. The van der Waals surface area contributed by atoms with Crippen LogP contribution in [0, 0.1) is 6.92 Å². The van der Waals surface area contributed by atoms with Crippen molar-refractivity contribution in [2.75, 3.05) is 5.88 Å². The summed E-state index contributed by atoms with van der Waals surface area (Å²) in [5.74, 6) is 1.54. The Labute approximate surface area is 130 Å². The van der Waals surface area contributed by atoms with Crippen molar-refractivity contribution in [1.82, 2.24) is 14.9 Å². The van der Waals surface area contributed by atoms with Gasteiger partial charge in [-0.15, -0.1) is 11.6 Å². The van der Waals surface area contributed by atoms with Crippen molar-refractivity contribution in [2.45, 2.75) is 46.2 Å². The number of rotatable bonds is 6. The molecular formula is C16H22ClN3O. The van der Waals surface area contributed by atoms with E-state index in [1.807, 2.05) is 19.9 Å². The summed E-state index contributed by atoms with van der Waals surface area (Å²) in [6.45, 7) is 6.62. The van der Waals surface area contributed by atoms with Gasteiger partial charge in [0.05, 0.1) is 11.0 Å². The molecule has 0 aliphatic heterocycles. The first-order chi connectivity index (χ1) is 10.0. The molecule has 0 aliphatic carbocycles. The van der Waals surface area contributed by atoms with Gasteiger partial charge in [-0.3, -0.25) is 4.79 Å². The highest BCUT2D eigenvalue weighted by molar-refractivity contribution is 6.17. The predicted octanol–water partition coefficient (Wildman–Crippen LogP) is 3.04. The van der Waals surface area contributed by atoms with Crippen molar-refractivity contribution in [3.63, 3.8) is 0 Å². The largest absolute Gasteiger partial charge is 0.354 e. The van der Waals surface area contributed by atoms with Gasteiger partial charge >= 0.3 is 0 Å². The summed E-state index contributed by atoms with van der Waals surface area (Å²) >= 11 is 5.87. The lowest BCUT2D eigenvalue weighted by molar-refractivity contribution is -0.121. The molecule has 1 aromatic heterocycles. The number of hydrogen-bond acceptors (Lipinski definition) is 2. The molecule has 1 heterocycles. The SMILES string of the molecule is Cc1ccc2nc(CCCl)n(CCC(=O)NC(C)C)c2c1. The number of nitrogens with one attached hydrogen (secondary N) is 1. The maximum Gasteiger partial charge on any atom is 0.221 e. The number of amides is 1. The second-order valence-electron chi connectivity index (χ2n) is 5.58. The number of imidazole rings is 1. The maximum atomic E-state index is 11.8. The lowest BCUT2D eigenvalue weighted by atomic mass is 10.2. The maximum absolute atomic E-state index is 11.8. The van der Waals surface area contributed by atoms with Gasteiger partial charge in [-0.25, -0.2) is 4.98 Å². The first-order valence-corrected chi connectivity index (χ1v) is 7.86. The molecule has 4 nitrogen and oxygen atoms in total. The minimum absolute atomic E-state index is 0.0660. The zero-order valence-corrected chi connectivity index (χ0v) is 13.6. The third-order valence-electron chi connectivity index (χ3n) is 3.31. The Hall–Kier alpha value is -1.55. The van der Waals surface area contributed by atoms with E-state index < -0.39 is 0 Å². The van der Waals surface area contributed by atoms with Gasteiger partial charge in [0.25, 0.3) is 0 Å². The zero-order valence-electron chi connectivity index (χ0n) is 12.8. The molecule has 2 aromatic rings. The van der Waals surface area contributed by atoms with Gasteiger partial charge in [0.15, 0.2) is 0 Å². The van der Waals surface area contributed by atoms with Crippen LogP contribution in [0.5, 0.6) is 0 Å². The Balaban J connectivity index is 2.25. The normalized spacial score (nSPS) is 11.3. The molecule has 0 spiro atoms. The Morgan fingerprint density at radius 2 is 2.19 bits per heavy atom. The summed E-state index contributed by atoms with van der Waals surface area (Å²) < 4.78 is 2.12. The lowest BCUT2D eigenvalue weighted by Gasteiger charge is -2.11. The number of carbonyl (C=O) groups is 1. The quantitative estimate of drug-likeness (QED) is 0.834. The molecule has 1 amide bonds. The van der Waals surface area contributed by atoms with E-state index in [2.05, 4.69) is 33.9 Å². The standard InChI is InChI=1S/C16H22ClN3O/c1-11(2)18-16(21)7-9-20-14-10-12(3)4-5-13(14)19-15(20)6-8-17/h4-5,10-11H,6-9H2,1-3H3,(H,18,21). The third-order valence-corrected chi connectivity index (χ3v) is 3.50. The van der Waals surface area contributed by atoms with E-state index in [1.54, 1.807) is 0 Å². The Morgan fingerprint density at radius 1 is 1.43 bits per heavy atom. The van der Waals surface area contributed by atoms with E-state index in [-0.39, 0.29) is 11.9 Å². The summed E-state index contributed by atoms with van der Waals surface area (Å²) in [5, 5.41) is 2.92. The molecule has 1 aromatic carbocycles. The molecule has 0 saturated carbocycles. The fourth-order valence-electron chi connectivity index (χ4n) is 2.42. The summed E-state index contributed by atoms with van der Waals surface area (Å²) in [6, 6.07) is 6.35. The van der Waals surface area contributed by atoms with Crippen molar-refractivity contribution in [1.29, 1.82) is 0 Å². The van der Waals surface area contributed by atoms with E-state index in [9.17, 15) is 4.79 Å². The summed E-state index contributed by atoms with van der Waals surface area (Å²) in [4.78, 5) is 16.5. The van der Waals surface area contributed by atoms with E-state index in [0.717, 1.165) is 16.9 Å². The van der Waals surface area contributed by atoms with Gasteiger partial charge in [0.2, 0.25) is 5.91 Å². The van der Waals surface area contributed by atoms with Crippen LogP contribution in [0.1, 0.15) is 31.7 Å². The first-order valence-electron chi connectivity index (χ1n) is 7.32. The van der Waals surface area contributed by atoms with Gasteiger partial charge in [-0.05, 0) is 38.5 Å². The minimum Gasteiger partial charge on any atom is -0.354 e. The number of alkyl halides is 1. The van der Waals surface area contributed by atoms with E-state index in [1.165, 1.54) is 5.56 Å². The molecule has 0 radical (unpaired) electrons. The van der Waals surface area contributed by atoms with Crippen molar-refractivity contribution in [3.8, 4) is 0 Å². The van der Waals surface area contributed by atoms with Crippen LogP contribution in [0.25, 0.3) is 11.0 Å². The van der Waals surface area contributed by atoms with Gasteiger partial charge in [-0.2, -0.15) is 0 Å². The zero-order chi connectivity index (χ0) is 15.4. The van der Waals surface area contributed by atoms with Crippen LogP contribution in [0.15, 0.2) is 18.2 Å². The van der Waals surface area contributed by atoms with Gasteiger partial charge in [0, 0.05) is 31.3 Å². The molecule has 0 bridgehead atoms. The lowest BCUT2D eigenvalue weighted by Crippen LogP contribution is -2.30. The van der Waals surface area contributed by atoms with E-state index in [4.69, 9.17) is 11.6 Å². The molecule has 5 heteroatoms. The van der Waals surface area contributed by atoms with E-state index in [0.29, 0.717) is 25.3 Å². The minimum atomic E-state index is 0.0660. The molecule has 1 N–H and O–H groups in total. The van der Waals surface area contributed by atoms with Crippen LogP contribution < -0.4 is 5.32 Å². The highest BCUT2D eigenvalue weighted by atomic mass is 35.5. The molecule has 0 aliphatic rings. The number of carbonyl (C=O) groups excluding carboxylic acids is 1. The van der Waals surface area contributed by atoms with Crippen molar-refractivity contribution < 1.29 is 4.79 Å². The number of nitrogens with zero attached hydrogens (tertiary/aromatic N) is 2. The number of hydrogen-bond donors (Lipinski definition) is 1. The highest BCUT2D eigenvalue weighted by Crippen LogP contribution is 2.19. The van der Waals surface area contributed by atoms with Gasteiger partial charge in [-0.1, -0.05) is 6.07 Å². The molecule has 21 heavy (non-hydrogen) atoms. The highest BCUT2D eigenvalue weighted by Gasteiger charge is 2.12. The number of aromatic nitrogens is 2. The fraction of sp³-hybridized carbons (Fsp3) is 0.500. The second kappa shape index (κ2) is 6.94. The summed E-state index contributed by atoms with van der Waals surface area (Å²) in [6.07, 6.45) is 1.16. The van der Waals surface area contributed by atoms with Crippen molar-refractivity contribution in [3.05, 3.63) is 29.6 Å². The van der Waals surface area contributed by atoms with Crippen LogP contribution in [0.3, 0.4) is 0 Å². The number of halogens is 1. The Kier molecular flexibility index (Phi) is 5.23. The Morgan fingerprint density at radius 3 is 2.86 bits per heavy atom. The van der Waals surface area contributed by atoms with Crippen molar-refractivity contribution in [2.24, 2.45) is 0 Å². The topological polar surface area (TPSA) is 46.9 Å². The van der Waals surface area contributed by atoms with Crippen molar-refractivity contribution >= 4 is 28.5 Å².